The summed E-state index contributed by atoms with van der Waals surface area (Å²) in [7, 11) is 0. The summed E-state index contributed by atoms with van der Waals surface area (Å²) in [6, 6.07) is 7.19. The molecule has 1 aliphatic carbocycles. The number of aromatic nitrogens is 2. The Labute approximate surface area is 183 Å². The molecule has 4 rings (SSSR count). The van der Waals surface area contributed by atoms with Gasteiger partial charge >= 0.3 is 0 Å². The lowest BCUT2D eigenvalue weighted by Gasteiger charge is -2.20. The predicted molar refractivity (Wildman–Crippen MR) is 120 cm³/mol. The van der Waals surface area contributed by atoms with Crippen LogP contribution in [0, 0.1) is 5.82 Å². The van der Waals surface area contributed by atoms with Gasteiger partial charge in [0.15, 0.2) is 17.6 Å². The monoisotopic (exact) mass is 426 g/mol. The Morgan fingerprint density at radius 1 is 1.23 bits per heavy atom. The van der Waals surface area contributed by atoms with Crippen LogP contribution in [0.2, 0.25) is 0 Å². The molecule has 1 saturated carbocycles. The van der Waals surface area contributed by atoms with Crippen molar-refractivity contribution in [3.63, 3.8) is 0 Å². The van der Waals surface area contributed by atoms with Gasteiger partial charge in [0.2, 0.25) is 5.88 Å². The predicted octanol–water partition coefficient (Wildman–Crippen LogP) is 3.27. The van der Waals surface area contributed by atoms with Crippen molar-refractivity contribution < 1.29 is 9.13 Å². The summed E-state index contributed by atoms with van der Waals surface area (Å²) in [5.41, 5.74) is 1.03. The first-order chi connectivity index (χ1) is 15.2. The Balaban J connectivity index is 1.31. The molecule has 2 aromatic heterocycles. The Morgan fingerprint density at radius 3 is 2.84 bits per heavy atom. The largest absolute Gasteiger partial charge is 0.474 e. The molecular formula is C23H31FN6O. The highest BCUT2D eigenvalue weighted by molar-refractivity contribution is 5.80. The number of hydrogen-bond acceptors (Lipinski definition) is 5. The molecule has 1 saturated heterocycles. The van der Waals surface area contributed by atoms with Gasteiger partial charge < -0.3 is 20.3 Å². The third kappa shape index (κ3) is 5.83. The van der Waals surface area contributed by atoms with Crippen LogP contribution < -0.4 is 20.3 Å². The first kappa shape index (κ1) is 21.3. The maximum absolute atomic E-state index is 14.0. The highest BCUT2D eigenvalue weighted by Crippen LogP contribution is 2.23. The number of aliphatic imine (C=N–C) groups is 1. The molecule has 0 bridgehead atoms. The summed E-state index contributed by atoms with van der Waals surface area (Å²) in [6.07, 6.45) is 9.40. The Hall–Kier alpha value is -2.90. The van der Waals surface area contributed by atoms with Crippen molar-refractivity contribution in [1.82, 2.24) is 20.6 Å². The first-order valence-corrected chi connectivity index (χ1v) is 11.2. The third-order valence-electron chi connectivity index (χ3n) is 5.72. The fourth-order valence-electron chi connectivity index (χ4n) is 4.12. The summed E-state index contributed by atoms with van der Waals surface area (Å²) in [4.78, 5) is 15.3. The summed E-state index contributed by atoms with van der Waals surface area (Å²) < 4.78 is 20.0. The number of nitrogens with zero attached hydrogens (tertiary/aromatic N) is 4. The number of hydrogen-bond donors (Lipinski definition) is 2. The van der Waals surface area contributed by atoms with Crippen LogP contribution in [0.4, 0.5) is 10.2 Å². The molecular weight excluding hydrogens is 395 g/mol. The zero-order valence-electron chi connectivity index (χ0n) is 18.1. The summed E-state index contributed by atoms with van der Waals surface area (Å²) in [6.45, 7) is 4.78. The second-order valence-corrected chi connectivity index (χ2v) is 8.11. The molecule has 2 aromatic rings. The Bertz CT molecular complexity index is 869. The maximum atomic E-state index is 14.0. The van der Waals surface area contributed by atoms with E-state index >= 15 is 0 Å². The summed E-state index contributed by atoms with van der Waals surface area (Å²) in [5.74, 6) is 1.58. The van der Waals surface area contributed by atoms with Crippen molar-refractivity contribution >= 4 is 11.8 Å². The number of halogens is 1. The van der Waals surface area contributed by atoms with E-state index in [0.717, 1.165) is 43.9 Å². The van der Waals surface area contributed by atoms with Gasteiger partial charge in [-0.1, -0.05) is 6.07 Å². The van der Waals surface area contributed by atoms with E-state index in [0.29, 0.717) is 30.9 Å². The van der Waals surface area contributed by atoms with Gasteiger partial charge in [0.25, 0.3) is 0 Å². The molecule has 2 fully saturated rings. The van der Waals surface area contributed by atoms with E-state index < -0.39 is 0 Å². The fraction of sp³-hybridized carbons (Fsp3) is 0.522. The molecule has 1 aliphatic heterocycles. The zero-order chi connectivity index (χ0) is 21.5. The van der Waals surface area contributed by atoms with E-state index in [1.165, 1.54) is 18.9 Å². The zero-order valence-corrected chi connectivity index (χ0v) is 18.1. The van der Waals surface area contributed by atoms with E-state index in [1.807, 2.05) is 30.2 Å². The molecule has 8 heteroatoms. The second-order valence-electron chi connectivity index (χ2n) is 8.11. The number of ether oxygens (including phenoxy) is 1. The lowest BCUT2D eigenvalue weighted by atomic mass is 10.2. The van der Waals surface area contributed by atoms with Gasteiger partial charge in [-0.05, 0) is 56.7 Å². The van der Waals surface area contributed by atoms with Gasteiger partial charge in [0, 0.05) is 44.1 Å². The topological polar surface area (TPSA) is 74.7 Å². The average molecular weight is 427 g/mol. The average Bonchev–Trinajstić information content (AvgIpc) is 3.46. The maximum Gasteiger partial charge on any atom is 0.213 e. The highest BCUT2D eigenvalue weighted by atomic mass is 19.1. The normalized spacial score (nSPS) is 19.6. The minimum Gasteiger partial charge on any atom is -0.474 e. The van der Waals surface area contributed by atoms with Crippen LogP contribution in [0.1, 0.15) is 44.6 Å². The van der Waals surface area contributed by atoms with Crippen molar-refractivity contribution in [2.75, 3.05) is 24.5 Å². The number of rotatable bonds is 7. The molecule has 0 aromatic carbocycles. The molecule has 166 valence electrons. The smallest absolute Gasteiger partial charge is 0.213 e. The Kier molecular flexibility index (Phi) is 7.17. The third-order valence-corrected chi connectivity index (χ3v) is 5.72. The van der Waals surface area contributed by atoms with Crippen LogP contribution in [0.15, 0.2) is 41.7 Å². The molecule has 1 unspecified atom stereocenters. The van der Waals surface area contributed by atoms with Gasteiger partial charge in [-0.3, -0.25) is 0 Å². The van der Waals surface area contributed by atoms with Crippen molar-refractivity contribution in [3.8, 4) is 5.88 Å². The van der Waals surface area contributed by atoms with Crippen LogP contribution in [0.25, 0.3) is 0 Å². The van der Waals surface area contributed by atoms with Gasteiger partial charge in [-0.15, -0.1) is 0 Å². The standard InChI is InChI=1S/C23H31FN6O/c1-2-25-23(29-18-11-13-30(16-18)22-20(24)8-5-12-26-22)28-15-17-9-10-21(27-14-17)31-19-6-3-4-7-19/h5,8-10,12,14,18-19H,2-4,6-7,11,13,15-16H2,1H3,(H2,25,28,29). The lowest BCUT2D eigenvalue weighted by molar-refractivity contribution is 0.201. The van der Waals surface area contributed by atoms with E-state index in [2.05, 4.69) is 20.6 Å². The van der Waals surface area contributed by atoms with E-state index in [-0.39, 0.29) is 11.9 Å². The van der Waals surface area contributed by atoms with Gasteiger partial charge in [-0.25, -0.2) is 19.4 Å². The first-order valence-electron chi connectivity index (χ1n) is 11.2. The van der Waals surface area contributed by atoms with Gasteiger partial charge in [0.05, 0.1) is 6.54 Å². The van der Waals surface area contributed by atoms with Crippen LogP contribution in [0.5, 0.6) is 5.88 Å². The van der Waals surface area contributed by atoms with Crippen LogP contribution in [0.3, 0.4) is 0 Å². The van der Waals surface area contributed by atoms with Crippen molar-refractivity contribution in [2.24, 2.45) is 4.99 Å². The SMILES string of the molecule is CCNC(=NCc1ccc(OC2CCCC2)nc1)NC1CCN(c2ncccc2F)C1. The molecule has 0 radical (unpaired) electrons. The van der Waals surface area contributed by atoms with Gasteiger partial charge in [0.1, 0.15) is 6.10 Å². The number of nitrogens with one attached hydrogen (secondary N) is 2. The van der Waals surface area contributed by atoms with Crippen LogP contribution in [-0.2, 0) is 6.54 Å². The Morgan fingerprint density at radius 2 is 2.10 bits per heavy atom. The van der Waals surface area contributed by atoms with Gasteiger partial charge in [-0.2, -0.15) is 0 Å². The van der Waals surface area contributed by atoms with E-state index in [1.54, 1.807) is 12.3 Å². The quantitative estimate of drug-likeness (QED) is 0.523. The highest BCUT2D eigenvalue weighted by Gasteiger charge is 2.26. The fourth-order valence-corrected chi connectivity index (χ4v) is 4.12. The molecule has 31 heavy (non-hydrogen) atoms. The van der Waals surface area contributed by atoms with E-state index in [4.69, 9.17) is 9.73 Å². The number of guanidine groups is 1. The number of anilines is 1. The molecule has 0 spiro atoms. The molecule has 2 aliphatic rings. The summed E-state index contributed by atoms with van der Waals surface area (Å²) in [5, 5.41) is 6.76. The van der Waals surface area contributed by atoms with E-state index in [9.17, 15) is 4.39 Å². The van der Waals surface area contributed by atoms with Crippen molar-refractivity contribution in [1.29, 1.82) is 0 Å². The van der Waals surface area contributed by atoms with Crippen LogP contribution in [-0.4, -0.2) is 47.7 Å². The summed E-state index contributed by atoms with van der Waals surface area (Å²) >= 11 is 0. The second kappa shape index (κ2) is 10.4. The molecule has 2 N–H and O–H groups in total. The minimum atomic E-state index is -0.281. The lowest BCUT2D eigenvalue weighted by Crippen LogP contribution is -2.44. The minimum absolute atomic E-state index is 0.180. The van der Waals surface area contributed by atoms with Crippen molar-refractivity contribution in [2.45, 2.75) is 57.7 Å². The number of pyridine rings is 2. The van der Waals surface area contributed by atoms with Crippen molar-refractivity contribution in [3.05, 3.63) is 48.0 Å². The molecule has 7 nitrogen and oxygen atoms in total. The van der Waals surface area contributed by atoms with Crippen LogP contribution >= 0.6 is 0 Å². The molecule has 3 heterocycles. The molecule has 1 atom stereocenters. The molecule has 0 amide bonds.